The molecule has 1 aliphatic heterocycles. The van der Waals surface area contributed by atoms with E-state index >= 15 is 0 Å². The van der Waals surface area contributed by atoms with E-state index in [0.29, 0.717) is 12.5 Å². The summed E-state index contributed by atoms with van der Waals surface area (Å²) >= 11 is 1.48. The molecule has 4 nitrogen and oxygen atoms in total. The molecule has 1 aromatic heterocycles. The fraction of sp³-hybridized carbons (Fsp3) is 0.700. The quantitative estimate of drug-likeness (QED) is 0.893. The first-order valence-corrected chi connectivity index (χ1v) is 10.6. The molecule has 136 valence electrons. The molecular weight excluding hydrogens is 332 g/mol. The second-order valence-electron chi connectivity index (χ2n) is 8.20. The number of rotatable bonds is 4. The number of amides is 2. The minimum absolute atomic E-state index is 0.0568. The van der Waals surface area contributed by atoms with E-state index in [-0.39, 0.29) is 23.8 Å². The summed E-state index contributed by atoms with van der Waals surface area (Å²) < 4.78 is 0. The van der Waals surface area contributed by atoms with Crippen molar-refractivity contribution in [1.29, 1.82) is 0 Å². The maximum absolute atomic E-state index is 12.8. The molecule has 0 spiro atoms. The Bertz CT molecular complexity index is 630. The largest absolute Gasteiger partial charge is 0.353 e. The van der Waals surface area contributed by atoms with Crippen LogP contribution in [-0.4, -0.2) is 35.8 Å². The number of carbonyl (C=O) groups is 2. The summed E-state index contributed by atoms with van der Waals surface area (Å²) in [6.45, 7) is 3.51. The first-order chi connectivity index (χ1) is 12.1. The Labute approximate surface area is 154 Å². The smallest absolute Gasteiger partial charge is 0.263 e. The third-order valence-electron chi connectivity index (χ3n) is 6.62. The van der Waals surface area contributed by atoms with Crippen LogP contribution in [-0.2, 0) is 4.79 Å². The van der Waals surface area contributed by atoms with Crippen LogP contribution in [0.5, 0.6) is 0 Å². The predicted octanol–water partition coefficient (Wildman–Crippen LogP) is 3.54. The van der Waals surface area contributed by atoms with Gasteiger partial charge in [-0.3, -0.25) is 9.59 Å². The van der Waals surface area contributed by atoms with Crippen molar-refractivity contribution in [2.45, 2.75) is 51.5 Å². The number of fused-ring (bicyclic) bond motifs is 2. The molecule has 0 radical (unpaired) electrons. The van der Waals surface area contributed by atoms with Gasteiger partial charge in [0.25, 0.3) is 5.91 Å². The van der Waals surface area contributed by atoms with Crippen LogP contribution in [0.1, 0.15) is 55.1 Å². The summed E-state index contributed by atoms with van der Waals surface area (Å²) in [6.07, 6.45) is 7.21. The Hall–Kier alpha value is -1.36. The van der Waals surface area contributed by atoms with Gasteiger partial charge in [-0.2, -0.15) is 0 Å². The number of thiophene rings is 1. The second kappa shape index (κ2) is 7.10. The van der Waals surface area contributed by atoms with Gasteiger partial charge in [0.2, 0.25) is 5.91 Å². The first kappa shape index (κ1) is 17.1. The summed E-state index contributed by atoms with van der Waals surface area (Å²) in [6, 6.07) is 4.04. The molecule has 5 heteroatoms. The van der Waals surface area contributed by atoms with Crippen LogP contribution in [0.2, 0.25) is 0 Å². The van der Waals surface area contributed by atoms with Crippen LogP contribution in [0.4, 0.5) is 0 Å². The Balaban J connectivity index is 1.33. The maximum Gasteiger partial charge on any atom is 0.263 e. The van der Waals surface area contributed by atoms with E-state index in [0.717, 1.165) is 36.1 Å². The molecule has 25 heavy (non-hydrogen) atoms. The lowest BCUT2D eigenvalue weighted by molar-refractivity contribution is -0.127. The number of nitrogens with zero attached hydrogens (tertiary/aromatic N) is 1. The van der Waals surface area contributed by atoms with Crippen molar-refractivity contribution in [2.75, 3.05) is 13.1 Å². The van der Waals surface area contributed by atoms with Crippen LogP contribution < -0.4 is 5.32 Å². The zero-order chi connectivity index (χ0) is 17.4. The van der Waals surface area contributed by atoms with Gasteiger partial charge in [0.1, 0.15) is 0 Å². The number of likely N-dealkylation sites (tertiary alicyclic amines) is 1. The fourth-order valence-corrected chi connectivity index (χ4v) is 5.98. The minimum Gasteiger partial charge on any atom is -0.353 e. The average molecular weight is 361 g/mol. The molecule has 2 aliphatic carbocycles. The van der Waals surface area contributed by atoms with E-state index in [9.17, 15) is 9.59 Å². The number of carbonyl (C=O) groups excluding carboxylic acids is 2. The molecule has 5 atom stereocenters. The standard InChI is InChI=1S/C20H28N2O2S/c1-13(17-11-14-6-7-15(17)10-14)21-19(23)16-4-2-8-22(12-16)20(24)18-5-3-9-25-18/h3,5,9,13-17H,2,4,6-8,10-12H2,1H3,(H,21,23)/t13-,14-,15-,16-,17-/m0/s1. The molecule has 0 unspecified atom stereocenters. The molecule has 1 aromatic rings. The highest BCUT2D eigenvalue weighted by Crippen LogP contribution is 2.49. The highest BCUT2D eigenvalue weighted by Gasteiger charge is 2.42. The average Bonchev–Trinajstić information content (AvgIpc) is 3.38. The molecule has 4 rings (SSSR count). The molecule has 2 saturated carbocycles. The Morgan fingerprint density at radius 2 is 2.16 bits per heavy atom. The van der Waals surface area contributed by atoms with Crippen molar-refractivity contribution in [3.8, 4) is 0 Å². The van der Waals surface area contributed by atoms with Gasteiger partial charge in [0.05, 0.1) is 10.8 Å². The maximum atomic E-state index is 12.8. The molecule has 0 aromatic carbocycles. The van der Waals surface area contributed by atoms with E-state index in [1.54, 1.807) is 0 Å². The topological polar surface area (TPSA) is 49.4 Å². The summed E-state index contributed by atoms with van der Waals surface area (Å²) in [7, 11) is 0. The summed E-state index contributed by atoms with van der Waals surface area (Å²) in [5.74, 6) is 2.56. The van der Waals surface area contributed by atoms with Crippen LogP contribution in [0.25, 0.3) is 0 Å². The monoisotopic (exact) mass is 360 g/mol. The number of hydrogen-bond acceptors (Lipinski definition) is 3. The molecule has 1 N–H and O–H groups in total. The van der Waals surface area contributed by atoms with Crippen molar-refractivity contribution in [2.24, 2.45) is 23.7 Å². The molecular formula is C20H28N2O2S. The fourth-order valence-electron chi connectivity index (χ4n) is 5.29. The highest BCUT2D eigenvalue weighted by atomic mass is 32.1. The zero-order valence-electron chi connectivity index (χ0n) is 14.9. The molecule has 3 fully saturated rings. The summed E-state index contributed by atoms with van der Waals surface area (Å²) in [5.41, 5.74) is 0. The van der Waals surface area contributed by atoms with Crippen molar-refractivity contribution < 1.29 is 9.59 Å². The molecule has 3 aliphatic rings. The van der Waals surface area contributed by atoms with Gasteiger partial charge in [-0.1, -0.05) is 12.5 Å². The van der Waals surface area contributed by atoms with Crippen molar-refractivity contribution in [1.82, 2.24) is 10.2 Å². The molecule has 2 bridgehead atoms. The van der Waals surface area contributed by atoms with Crippen molar-refractivity contribution in [3.05, 3.63) is 22.4 Å². The zero-order valence-corrected chi connectivity index (χ0v) is 15.8. The van der Waals surface area contributed by atoms with Gasteiger partial charge in [-0.05, 0) is 68.2 Å². The first-order valence-electron chi connectivity index (χ1n) is 9.75. The molecule has 2 heterocycles. The lowest BCUT2D eigenvalue weighted by Gasteiger charge is -2.34. The van der Waals surface area contributed by atoms with Gasteiger partial charge in [0, 0.05) is 19.1 Å². The van der Waals surface area contributed by atoms with Gasteiger partial charge in [-0.15, -0.1) is 11.3 Å². The lowest BCUT2D eigenvalue weighted by Crippen LogP contribution is -2.48. The predicted molar refractivity (Wildman–Crippen MR) is 99.5 cm³/mol. The van der Waals surface area contributed by atoms with E-state index in [4.69, 9.17) is 0 Å². The SMILES string of the molecule is C[C@H](NC(=O)[C@H]1CCCN(C(=O)c2cccs2)C1)[C@@H]1C[C@H]2CC[C@H]1C2. The Morgan fingerprint density at radius 1 is 1.28 bits per heavy atom. The van der Waals surface area contributed by atoms with Crippen molar-refractivity contribution >= 4 is 23.2 Å². The Morgan fingerprint density at radius 3 is 2.84 bits per heavy atom. The number of nitrogens with one attached hydrogen (secondary N) is 1. The Kier molecular flexibility index (Phi) is 4.85. The van der Waals surface area contributed by atoms with Gasteiger partial charge in [-0.25, -0.2) is 0 Å². The molecule has 2 amide bonds. The van der Waals surface area contributed by atoms with Crippen LogP contribution in [0, 0.1) is 23.7 Å². The van der Waals surface area contributed by atoms with Crippen LogP contribution in [0.15, 0.2) is 17.5 Å². The van der Waals surface area contributed by atoms with Crippen LogP contribution in [0.3, 0.4) is 0 Å². The van der Waals surface area contributed by atoms with Crippen molar-refractivity contribution in [3.63, 3.8) is 0 Å². The van der Waals surface area contributed by atoms with Gasteiger partial charge in [0.15, 0.2) is 0 Å². The normalized spacial score (nSPS) is 32.6. The number of hydrogen-bond donors (Lipinski definition) is 1. The van der Waals surface area contributed by atoms with E-state index in [1.807, 2.05) is 22.4 Å². The van der Waals surface area contributed by atoms with E-state index in [1.165, 1.54) is 37.0 Å². The third kappa shape index (κ3) is 3.48. The highest BCUT2D eigenvalue weighted by molar-refractivity contribution is 7.12. The molecule has 1 saturated heterocycles. The lowest BCUT2D eigenvalue weighted by atomic mass is 9.83. The number of piperidine rings is 1. The van der Waals surface area contributed by atoms with Crippen LogP contribution >= 0.6 is 11.3 Å². The van der Waals surface area contributed by atoms with Gasteiger partial charge < -0.3 is 10.2 Å². The van der Waals surface area contributed by atoms with E-state index < -0.39 is 0 Å². The minimum atomic E-state index is -0.0568. The van der Waals surface area contributed by atoms with Gasteiger partial charge >= 0.3 is 0 Å². The second-order valence-corrected chi connectivity index (χ2v) is 9.15. The van der Waals surface area contributed by atoms with E-state index in [2.05, 4.69) is 12.2 Å². The summed E-state index contributed by atoms with van der Waals surface area (Å²) in [5, 5.41) is 5.23. The third-order valence-corrected chi connectivity index (χ3v) is 7.47. The summed E-state index contributed by atoms with van der Waals surface area (Å²) in [4.78, 5) is 28.0.